The van der Waals surface area contributed by atoms with Gasteiger partial charge in [-0.25, -0.2) is 8.78 Å². The maximum Gasteiger partial charge on any atom is 0.277 e. The highest BCUT2D eigenvalue weighted by molar-refractivity contribution is 7.99. The van der Waals surface area contributed by atoms with Gasteiger partial charge in [-0.3, -0.25) is 4.79 Å². The smallest absolute Gasteiger partial charge is 0.277 e. The van der Waals surface area contributed by atoms with Crippen LogP contribution in [0, 0.1) is 11.6 Å². The van der Waals surface area contributed by atoms with Crippen LogP contribution in [0.3, 0.4) is 0 Å². The third kappa shape index (κ3) is 3.62. The molecule has 2 aromatic carbocycles. The summed E-state index contributed by atoms with van der Waals surface area (Å²) in [7, 11) is 0. The van der Waals surface area contributed by atoms with E-state index in [4.69, 9.17) is 4.42 Å². The third-order valence-electron chi connectivity index (χ3n) is 2.98. The van der Waals surface area contributed by atoms with E-state index in [1.165, 1.54) is 36.4 Å². The number of thioether (sulfide) groups is 1. The van der Waals surface area contributed by atoms with E-state index in [1.807, 2.05) is 0 Å². The molecular weight excluding hydrogens is 322 g/mol. The van der Waals surface area contributed by atoms with Crippen molar-refractivity contribution in [2.45, 2.75) is 5.22 Å². The van der Waals surface area contributed by atoms with Crippen molar-refractivity contribution in [1.29, 1.82) is 0 Å². The largest absolute Gasteiger partial charge is 0.411 e. The van der Waals surface area contributed by atoms with Gasteiger partial charge in [0.15, 0.2) is 5.78 Å². The number of Topliss-reactive ketones (excluding diaryl/α,β-unsaturated/α-hetero) is 1. The molecule has 0 saturated carbocycles. The highest BCUT2D eigenvalue weighted by atomic mass is 32.2. The Bertz CT molecular complexity index is 851. The highest BCUT2D eigenvalue weighted by Gasteiger charge is 2.14. The van der Waals surface area contributed by atoms with Crippen LogP contribution in [0.2, 0.25) is 0 Å². The van der Waals surface area contributed by atoms with Crippen molar-refractivity contribution >= 4 is 17.5 Å². The van der Waals surface area contributed by atoms with Crippen molar-refractivity contribution in [2.75, 3.05) is 5.75 Å². The molecule has 0 saturated heterocycles. The molecule has 3 rings (SSSR count). The standard InChI is InChI=1S/C16H10F2N2O2S/c17-11-5-3-4-10(8-11)14(21)9-23-16-20-19-15(22-16)12-6-1-2-7-13(12)18/h1-8H,9H2. The zero-order chi connectivity index (χ0) is 16.2. The Labute approximate surface area is 134 Å². The molecule has 0 N–H and O–H groups in total. The van der Waals surface area contributed by atoms with Gasteiger partial charge >= 0.3 is 0 Å². The lowest BCUT2D eigenvalue weighted by molar-refractivity contribution is 0.102. The summed E-state index contributed by atoms with van der Waals surface area (Å²) in [5, 5.41) is 7.68. The van der Waals surface area contributed by atoms with E-state index >= 15 is 0 Å². The van der Waals surface area contributed by atoms with Gasteiger partial charge in [0.05, 0.1) is 11.3 Å². The second-order valence-corrected chi connectivity index (χ2v) is 5.50. The van der Waals surface area contributed by atoms with Crippen LogP contribution in [-0.4, -0.2) is 21.7 Å². The monoisotopic (exact) mass is 332 g/mol. The fourth-order valence-corrected chi connectivity index (χ4v) is 2.54. The summed E-state index contributed by atoms with van der Waals surface area (Å²) in [5.41, 5.74) is 0.467. The molecule has 3 aromatic rings. The van der Waals surface area contributed by atoms with Crippen molar-refractivity contribution in [1.82, 2.24) is 10.2 Å². The first-order valence-corrected chi connectivity index (χ1v) is 7.62. The van der Waals surface area contributed by atoms with E-state index in [9.17, 15) is 13.6 Å². The molecule has 7 heteroatoms. The number of carbonyl (C=O) groups is 1. The Hall–Kier alpha value is -2.54. The number of benzene rings is 2. The molecule has 0 aliphatic carbocycles. The number of nitrogens with zero attached hydrogens (tertiary/aromatic N) is 2. The van der Waals surface area contributed by atoms with Crippen LogP contribution in [0.1, 0.15) is 10.4 Å². The summed E-state index contributed by atoms with van der Waals surface area (Å²) in [6, 6.07) is 11.5. The molecule has 0 atom stereocenters. The maximum atomic E-state index is 13.6. The van der Waals surface area contributed by atoms with Crippen LogP contribution in [0.15, 0.2) is 58.2 Å². The van der Waals surface area contributed by atoms with E-state index in [2.05, 4.69) is 10.2 Å². The number of ketones is 1. The molecule has 0 unspecified atom stereocenters. The summed E-state index contributed by atoms with van der Waals surface area (Å²) in [6.07, 6.45) is 0. The first-order chi connectivity index (χ1) is 11.1. The number of rotatable bonds is 5. The van der Waals surface area contributed by atoms with E-state index in [-0.39, 0.29) is 33.8 Å². The lowest BCUT2D eigenvalue weighted by Crippen LogP contribution is -2.02. The topological polar surface area (TPSA) is 56.0 Å². The summed E-state index contributed by atoms with van der Waals surface area (Å²) in [5.74, 6) is -1.14. The van der Waals surface area contributed by atoms with Gasteiger partial charge in [0.1, 0.15) is 11.6 Å². The van der Waals surface area contributed by atoms with Crippen LogP contribution in [0.25, 0.3) is 11.5 Å². The number of carbonyl (C=O) groups excluding carboxylic acids is 1. The zero-order valence-corrected chi connectivity index (χ0v) is 12.5. The summed E-state index contributed by atoms with van der Waals surface area (Å²) < 4.78 is 32.1. The van der Waals surface area contributed by atoms with Crippen LogP contribution in [0.4, 0.5) is 8.78 Å². The minimum absolute atomic E-state index is 0.0162. The first-order valence-electron chi connectivity index (χ1n) is 6.63. The average Bonchev–Trinajstić information content (AvgIpc) is 3.02. The van der Waals surface area contributed by atoms with E-state index < -0.39 is 11.6 Å². The molecule has 0 radical (unpaired) electrons. The van der Waals surface area contributed by atoms with Gasteiger partial charge in [0.25, 0.3) is 11.1 Å². The molecule has 0 amide bonds. The summed E-state index contributed by atoms with van der Waals surface area (Å²) >= 11 is 1.02. The first kappa shape index (κ1) is 15.4. The third-order valence-corrected chi connectivity index (χ3v) is 3.80. The summed E-state index contributed by atoms with van der Waals surface area (Å²) in [4.78, 5) is 12.0. The van der Waals surface area contributed by atoms with E-state index in [0.29, 0.717) is 0 Å². The Balaban J connectivity index is 1.68. The normalized spacial score (nSPS) is 10.7. The van der Waals surface area contributed by atoms with Crippen molar-refractivity contribution in [2.24, 2.45) is 0 Å². The van der Waals surface area contributed by atoms with Crippen molar-refractivity contribution in [3.8, 4) is 11.5 Å². The molecule has 0 aliphatic rings. The van der Waals surface area contributed by atoms with Crippen molar-refractivity contribution in [3.05, 3.63) is 65.7 Å². The van der Waals surface area contributed by atoms with Crippen molar-refractivity contribution in [3.63, 3.8) is 0 Å². The SMILES string of the molecule is O=C(CSc1nnc(-c2ccccc2F)o1)c1cccc(F)c1. The number of hydrogen-bond donors (Lipinski definition) is 0. The Kier molecular flexibility index (Phi) is 4.47. The van der Waals surface area contributed by atoms with Crippen LogP contribution in [-0.2, 0) is 0 Å². The molecule has 0 fully saturated rings. The molecule has 1 aromatic heterocycles. The number of halogens is 2. The fraction of sp³-hybridized carbons (Fsp3) is 0.0625. The predicted molar refractivity (Wildman–Crippen MR) is 81.1 cm³/mol. The minimum Gasteiger partial charge on any atom is -0.411 e. The second-order valence-electron chi connectivity index (χ2n) is 4.58. The number of hydrogen-bond acceptors (Lipinski definition) is 5. The molecule has 0 spiro atoms. The molecule has 116 valence electrons. The molecule has 23 heavy (non-hydrogen) atoms. The Morgan fingerprint density at radius 1 is 1.09 bits per heavy atom. The van der Waals surface area contributed by atoms with Gasteiger partial charge in [-0.05, 0) is 24.3 Å². The van der Waals surface area contributed by atoms with Crippen LogP contribution >= 0.6 is 11.8 Å². The molecule has 1 heterocycles. The fourth-order valence-electron chi connectivity index (χ4n) is 1.88. The molecular formula is C16H10F2N2O2S. The minimum atomic E-state index is -0.472. The van der Waals surface area contributed by atoms with Gasteiger partial charge in [0, 0.05) is 5.56 Å². The quantitative estimate of drug-likeness (QED) is 0.522. The van der Waals surface area contributed by atoms with Gasteiger partial charge < -0.3 is 4.42 Å². The maximum absolute atomic E-state index is 13.6. The highest BCUT2D eigenvalue weighted by Crippen LogP contribution is 2.25. The zero-order valence-electron chi connectivity index (χ0n) is 11.7. The van der Waals surface area contributed by atoms with Crippen LogP contribution in [0.5, 0.6) is 0 Å². The van der Waals surface area contributed by atoms with E-state index in [1.54, 1.807) is 12.1 Å². The molecule has 4 nitrogen and oxygen atoms in total. The average molecular weight is 332 g/mol. The van der Waals surface area contributed by atoms with Gasteiger partial charge in [-0.1, -0.05) is 36.0 Å². The van der Waals surface area contributed by atoms with Crippen LogP contribution < -0.4 is 0 Å². The van der Waals surface area contributed by atoms with Gasteiger partial charge in [-0.15, -0.1) is 10.2 Å². The number of aromatic nitrogens is 2. The van der Waals surface area contributed by atoms with E-state index in [0.717, 1.165) is 11.8 Å². The molecule has 0 aliphatic heterocycles. The predicted octanol–water partition coefficient (Wildman–Crippen LogP) is 3.99. The summed E-state index contributed by atoms with van der Waals surface area (Å²) in [6.45, 7) is 0. The van der Waals surface area contributed by atoms with Gasteiger partial charge in [0.2, 0.25) is 0 Å². The Morgan fingerprint density at radius 3 is 2.70 bits per heavy atom. The second kappa shape index (κ2) is 6.70. The lowest BCUT2D eigenvalue weighted by atomic mass is 10.1. The lowest BCUT2D eigenvalue weighted by Gasteiger charge is -1.99. The van der Waals surface area contributed by atoms with Crippen molar-refractivity contribution < 1.29 is 18.0 Å². The Morgan fingerprint density at radius 2 is 1.91 bits per heavy atom. The molecule has 0 bridgehead atoms. The van der Waals surface area contributed by atoms with Gasteiger partial charge in [-0.2, -0.15) is 0 Å².